The van der Waals surface area contributed by atoms with Crippen molar-refractivity contribution in [2.24, 2.45) is 5.41 Å². The Morgan fingerprint density at radius 2 is 1.64 bits per heavy atom. The number of halogens is 2. The summed E-state index contributed by atoms with van der Waals surface area (Å²) in [6.45, 7) is 5.55. The second-order valence-electron chi connectivity index (χ2n) is 7.39. The molecule has 1 unspecified atom stereocenters. The molecule has 4 aliphatic rings. The van der Waals surface area contributed by atoms with Crippen LogP contribution in [0.1, 0.15) is 45.4 Å². The number of nitrogens with zero attached hydrogens (tertiary/aromatic N) is 1. The van der Waals surface area contributed by atoms with Gasteiger partial charge in [-0.3, -0.25) is 9.69 Å². The first-order valence-electron chi connectivity index (χ1n) is 8.51. The highest BCUT2D eigenvalue weighted by Crippen LogP contribution is 2.55. The number of hydrogen-bond donors (Lipinski definition) is 2. The van der Waals surface area contributed by atoms with Crippen LogP contribution in [0.25, 0.3) is 0 Å². The number of fused-ring (bicyclic) bond motifs is 3. The highest BCUT2D eigenvalue weighted by molar-refractivity contribution is 5.82. The molecule has 6 heteroatoms. The van der Waals surface area contributed by atoms with Crippen molar-refractivity contribution in [3.05, 3.63) is 0 Å². The van der Waals surface area contributed by atoms with Gasteiger partial charge in [-0.2, -0.15) is 0 Å². The van der Waals surface area contributed by atoms with Gasteiger partial charge in [0.1, 0.15) is 0 Å². The van der Waals surface area contributed by atoms with Crippen LogP contribution in [0, 0.1) is 5.41 Å². The van der Waals surface area contributed by atoms with Crippen LogP contribution in [-0.2, 0) is 4.79 Å². The molecule has 22 heavy (non-hydrogen) atoms. The second kappa shape index (κ2) is 6.04. The molecule has 1 saturated heterocycles. The molecule has 1 atom stereocenters. The van der Waals surface area contributed by atoms with Gasteiger partial charge in [-0.1, -0.05) is 0 Å². The van der Waals surface area contributed by atoms with Gasteiger partial charge < -0.3 is 10.6 Å². The summed E-state index contributed by atoms with van der Waals surface area (Å²) in [7, 11) is 0. The molecule has 2 bridgehead atoms. The first-order valence-corrected chi connectivity index (χ1v) is 8.51. The smallest absolute Gasteiger partial charge is 0.244 e. The minimum Gasteiger partial charge on any atom is -0.349 e. The average molecular weight is 315 g/mol. The van der Waals surface area contributed by atoms with Gasteiger partial charge in [0.15, 0.2) is 0 Å². The first kappa shape index (κ1) is 16.1. The van der Waals surface area contributed by atoms with Crippen molar-refractivity contribution in [1.29, 1.82) is 0 Å². The number of alkyl halides is 2. The van der Waals surface area contributed by atoms with Crippen molar-refractivity contribution in [2.45, 2.75) is 63.5 Å². The van der Waals surface area contributed by atoms with Crippen molar-refractivity contribution in [2.75, 3.05) is 26.2 Å². The highest BCUT2D eigenvalue weighted by atomic mass is 19.3. The van der Waals surface area contributed by atoms with Crippen molar-refractivity contribution in [1.82, 2.24) is 15.5 Å². The van der Waals surface area contributed by atoms with Crippen LogP contribution in [0.4, 0.5) is 8.78 Å². The van der Waals surface area contributed by atoms with E-state index in [2.05, 4.69) is 15.5 Å². The molecular formula is C16H27F2N3O. The zero-order valence-electron chi connectivity index (χ0n) is 13.3. The predicted octanol–water partition coefficient (Wildman–Crippen LogP) is 1.75. The normalized spacial score (nSPS) is 37.3. The lowest BCUT2D eigenvalue weighted by atomic mass is 9.57. The van der Waals surface area contributed by atoms with E-state index < -0.39 is 11.8 Å². The third-order valence-electron chi connectivity index (χ3n) is 6.23. The molecule has 0 aromatic rings. The van der Waals surface area contributed by atoms with E-state index in [9.17, 15) is 13.6 Å². The summed E-state index contributed by atoms with van der Waals surface area (Å²) >= 11 is 0. The Bertz CT molecular complexity index is 399. The maximum atomic E-state index is 13.3. The average Bonchev–Trinajstić information content (AvgIpc) is 2.56. The summed E-state index contributed by atoms with van der Waals surface area (Å²) in [6.07, 6.45) is 1.54. The van der Waals surface area contributed by atoms with Gasteiger partial charge in [0.25, 0.3) is 0 Å². The van der Waals surface area contributed by atoms with Crippen LogP contribution >= 0.6 is 0 Å². The second-order valence-corrected chi connectivity index (χ2v) is 7.39. The Morgan fingerprint density at radius 1 is 1.09 bits per heavy atom. The molecule has 0 radical (unpaired) electrons. The van der Waals surface area contributed by atoms with Crippen molar-refractivity contribution in [3.8, 4) is 0 Å². The topological polar surface area (TPSA) is 44.4 Å². The van der Waals surface area contributed by atoms with Gasteiger partial charge in [-0.25, -0.2) is 8.78 Å². The van der Waals surface area contributed by atoms with Crippen LogP contribution in [-0.4, -0.2) is 55.0 Å². The van der Waals surface area contributed by atoms with Crippen molar-refractivity contribution in [3.63, 3.8) is 0 Å². The zero-order chi connectivity index (χ0) is 15.8. The van der Waals surface area contributed by atoms with E-state index in [4.69, 9.17) is 0 Å². The Balaban J connectivity index is 1.58. The van der Waals surface area contributed by atoms with Crippen molar-refractivity contribution >= 4 is 5.91 Å². The summed E-state index contributed by atoms with van der Waals surface area (Å²) in [6, 6.07) is -0.139. The zero-order valence-corrected chi connectivity index (χ0v) is 13.3. The van der Waals surface area contributed by atoms with Gasteiger partial charge in [0, 0.05) is 37.1 Å². The molecular weight excluding hydrogens is 288 g/mol. The molecule has 3 aliphatic carbocycles. The SMILES string of the molecule is CC(C(=O)NC12CCC(C(F)F)(CC1)CC2)N1CCNCC1. The predicted molar refractivity (Wildman–Crippen MR) is 80.9 cm³/mol. The molecule has 3 saturated carbocycles. The summed E-state index contributed by atoms with van der Waals surface area (Å²) in [4.78, 5) is 14.8. The molecule has 4 rings (SSSR count). The molecule has 1 amide bonds. The molecule has 4 nitrogen and oxygen atoms in total. The summed E-state index contributed by atoms with van der Waals surface area (Å²) in [5.74, 6) is 0.0633. The van der Waals surface area contributed by atoms with E-state index in [1.165, 1.54) is 0 Å². The summed E-state index contributed by atoms with van der Waals surface area (Å²) in [5, 5.41) is 6.51. The number of nitrogens with one attached hydrogen (secondary N) is 2. The minimum atomic E-state index is -2.22. The molecule has 1 heterocycles. The lowest BCUT2D eigenvalue weighted by molar-refractivity contribution is -0.133. The number of amides is 1. The number of hydrogen-bond acceptors (Lipinski definition) is 3. The largest absolute Gasteiger partial charge is 0.349 e. The van der Waals surface area contributed by atoms with Crippen LogP contribution in [0.2, 0.25) is 0 Å². The van der Waals surface area contributed by atoms with Gasteiger partial charge >= 0.3 is 0 Å². The molecule has 1 aliphatic heterocycles. The molecule has 126 valence electrons. The molecule has 0 spiro atoms. The van der Waals surface area contributed by atoms with Crippen LogP contribution in [0.5, 0.6) is 0 Å². The van der Waals surface area contributed by atoms with E-state index in [0.717, 1.165) is 26.2 Å². The van der Waals surface area contributed by atoms with E-state index in [1.54, 1.807) is 0 Å². The van der Waals surface area contributed by atoms with Crippen molar-refractivity contribution < 1.29 is 13.6 Å². The van der Waals surface area contributed by atoms with Gasteiger partial charge in [-0.15, -0.1) is 0 Å². The summed E-state index contributed by atoms with van der Waals surface area (Å²) < 4.78 is 26.5. The Kier molecular flexibility index (Phi) is 4.42. The van der Waals surface area contributed by atoms with Crippen LogP contribution in [0.15, 0.2) is 0 Å². The minimum absolute atomic E-state index is 0.0633. The van der Waals surface area contributed by atoms with Crippen LogP contribution < -0.4 is 10.6 Å². The fourth-order valence-corrected chi connectivity index (χ4v) is 4.33. The molecule has 0 aromatic heterocycles. The Labute approximate surface area is 131 Å². The van der Waals surface area contributed by atoms with Crippen LogP contribution in [0.3, 0.4) is 0 Å². The fraction of sp³-hybridized carbons (Fsp3) is 0.938. The fourth-order valence-electron chi connectivity index (χ4n) is 4.33. The van der Waals surface area contributed by atoms with Gasteiger partial charge in [-0.05, 0) is 45.4 Å². The molecule has 4 fully saturated rings. The van der Waals surface area contributed by atoms with E-state index in [1.807, 2.05) is 6.92 Å². The van der Waals surface area contributed by atoms with E-state index in [0.29, 0.717) is 38.5 Å². The number of piperazine rings is 1. The summed E-state index contributed by atoms with van der Waals surface area (Å²) in [5.41, 5.74) is -0.993. The highest BCUT2D eigenvalue weighted by Gasteiger charge is 2.53. The first-order chi connectivity index (χ1) is 10.5. The monoisotopic (exact) mass is 315 g/mol. The quantitative estimate of drug-likeness (QED) is 0.831. The molecule has 2 N–H and O–H groups in total. The maximum Gasteiger partial charge on any atom is 0.244 e. The standard InChI is InChI=1S/C16H27F2N3O/c1-12(21-10-8-19-9-11-21)13(22)20-16-5-2-15(3-6-16,4-7-16)14(17)18/h12,14,19H,2-11H2,1H3,(H,20,22). The maximum absolute atomic E-state index is 13.3. The Hall–Kier alpha value is -0.750. The third-order valence-corrected chi connectivity index (χ3v) is 6.23. The van der Waals surface area contributed by atoms with Gasteiger partial charge in [0.2, 0.25) is 12.3 Å². The number of carbonyl (C=O) groups excluding carboxylic acids is 1. The molecule has 0 aromatic carbocycles. The third kappa shape index (κ3) is 2.87. The van der Waals surface area contributed by atoms with E-state index in [-0.39, 0.29) is 17.5 Å². The van der Waals surface area contributed by atoms with E-state index >= 15 is 0 Å². The number of carbonyl (C=O) groups is 1. The van der Waals surface area contributed by atoms with Gasteiger partial charge in [0.05, 0.1) is 6.04 Å². The Morgan fingerprint density at radius 3 is 2.14 bits per heavy atom. The number of rotatable bonds is 4. The lowest BCUT2D eigenvalue weighted by Crippen LogP contribution is -2.61. The lowest BCUT2D eigenvalue weighted by Gasteiger charge is -2.53.